The van der Waals surface area contributed by atoms with Crippen molar-refractivity contribution >= 4 is 17.6 Å². The Bertz CT molecular complexity index is 815. The number of para-hydroxylation sites is 1. The van der Waals surface area contributed by atoms with Gasteiger partial charge in [0, 0.05) is 50.7 Å². The molecule has 0 radical (unpaired) electrons. The van der Waals surface area contributed by atoms with Crippen molar-refractivity contribution in [1.82, 2.24) is 25.3 Å². The fourth-order valence-electron chi connectivity index (χ4n) is 3.19. The molecule has 9 heteroatoms. The Labute approximate surface area is 176 Å². The summed E-state index contributed by atoms with van der Waals surface area (Å²) in [6.07, 6.45) is 1.38. The highest BCUT2D eigenvalue weighted by atomic mass is 16.5. The molecule has 2 heterocycles. The van der Waals surface area contributed by atoms with Gasteiger partial charge in [0.05, 0.1) is 6.54 Å². The van der Waals surface area contributed by atoms with E-state index in [2.05, 4.69) is 25.7 Å². The lowest BCUT2D eigenvalue weighted by atomic mass is 10.2. The summed E-state index contributed by atoms with van der Waals surface area (Å²) in [5.41, 5.74) is 0.793. The van der Waals surface area contributed by atoms with E-state index in [0.29, 0.717) is 57.4 Å². The second-order valence-electron chi connectivity index (χ2n) is 7.71. The smallest absolute Gasteiger partial charge is 0.317 e. The van der Waals surface area contributed by atoms with Crippen LogP contribution in [0.3, 0.4) is 0 Å². The number of hydrogen-bond acceptors (Lipinski definition) is 6. The summed E-state index contributed by atoms with van der Waals surface area (Å²) in [6, 6.07) is 9.34. The van der Waals surface area contributed by atoms with Crippen molar-refractivity contribution in [1.29, 1.82) is 0 Å². The Morgan fingerprint density at radius 3 is 2.53 bits per heavy atom. The quantitative estimate of drug-likeness (QED) is 0.641. The Morgan fingerprint density at radius 1 is 1.13 bits per heavy atom. The minimum Gasteiger partial charge on any atom is -0.339 e. The minimum absolute atomic E-state index is 0.0410. The zero-order valence-electron chi connectivity index (χ0n) is 17.6. The second kappa shape index (κ2) is 10.7. The summed E-state index contributed by atoms with van der Waals surface area (Å²) in [7, 11) is 0. The zero-order valence-corrected chi connectivity index (χ0v) is 17.6. The van der Waals surface area contributed by atoms with E-state index in [4.69, 9.17) is 4.52 Å². The van der Waals surface area contributed by atoms with Gasteiger partial charge in [-0.3, -0.25) is 9.69 Å². The number of benzene rings is 1. The third-order valence-electron chi connectivity index (χ3n) is 4.93. The number of piperazine rings is 1. The molecule has 0 unspecified atom stereocenters. The molecule has 2 N–H and O–H groups in total. The monoisotopic (exact) mass is 414 g/mol. The summed E-state index contributed by atoms with van der Waals surface area (Å²) in [5.74, 6) is 1.52. The molecule has 0 spiro atoms. The molecule has 2 aromatic rings. The molecular formula is C21H30N6O3. The molecule has 1 aliphatic heterocycles. The Morgan fingerprint density at radius 2 is 1.87 bits per heavy atom. The lowest BCUT2D eigenvalue weighted by Crippen LogP contribution is -2.53. The van der Waals surface area contributed by atoms with Crippen LogP contribution < -0.4 is 10.6 Å². The van der Waals surface area contributed by atoms with Gasteiger partial charge in [-0.25, -0.2) is 4.79 Å². The standard InChI is InChI=1S/C21H30N6O3/c1-16(2)20-24-19(30-25-20)9-6-10-22-21(29)27-13-11-26(12-14-27)15-18(28)23-17-7-4-3-5-8-17/h3-5,7-8,16H,6,9-15H2,1-2H3,(H,22,29)(H,23,28). The van der Waals surface area contributed by atoms with Crippen LogP contribution in [0.2, 0.25) is 0 Å². The van der Waals surface area contributed by atoms with Crippen LogP contribution in [0.5, 0.6) is 0 Å². The lowest BCUT2D eigenvalue weighted by molar-refractivity contribution is -0.117. The van der Waals surface area contributed by atoms with Gasteiger partial charge >= 0.3 is 6.03 Å². The zero-order chi connectivity index (χ0) is 21.3. The van der Waals surface area contributed by atoms with Gasteiger partial charge in [0.25, 0.3) is 0 Å². The molecule has 3 amide bonds. The number of carbonyl (C=O) groups excluding carboxylic acids is 2. The van der Waals surface area contributed by atoms with Crippen molar-refractivity contribution in [2.75, 3.05) is 44.6 Å². The highest BCUT2D eigenvalue weighted by Gasteiger charge is 2.22. The molecule has 1 aromatic carbocycles. The first-order valence-corrected chi connectivity index (χ1v) is 10.4. The van der Waals surface area contributed by atoms with E-state index in [0.717, 1.165) is 12.1 Å². The normalized spacial score (nSPS) is 14.7. The molecule has 1 aromatic heterocycles. The van der Waals surface area contributed by atoms with Crippen LogP contribution in [0.4, 0.5) is 10.5 Å². The minimum atomic E-state index is -0.0724. The van der Waals surface area contributed by atoms with Gasteiger partial charge in [-0.05, 0) is 18.6 Å². The first-order chi connectivity index (χ1) is 14.5. The molecule has 1 fully saturated rings. The maximum absolute atomic E-state index is 12.3. The molecule has 162 valence electrons. The van der Waals surface area contributed by atoms with Crippen molar-refractivity contribution in [3.05, 3.63) is 42.0 Å². The molecule has 0 atom stereocenters. The van der Waals surface area contributed by atoms with E-state index in [1.54, 1.807) is 4.90 Å². The SMILES string of the molecule is CC(C)c1noc(CCCNC(=O)N2CCN(CC(=O)Nc3ccccc3)CC2)n1. The summed E-state index contributed by atoms with van der Waals surface area (Å²) in [5, 5.41) is 9.77. The van der Waals surface area contributed by atoms with Gasteiger partial charge in [-0.2, -0.15) is 4.98 Å². The lowest BCUT2D eigenvalue weighted by Gasteiger charge is -2.34. The van der Waals surface area contributed by atoms with Crippen molar-refractivity contribution in [3.8, 4) is 0 Å². The number of anilines is 1. The molecule has 30 heavy (non-hydrogen) atoms. The van der Waals surface area contributed by atoms with Gasteiger partial charge in [-0.1, -0.05) is 37.2 Å². The second-order valence-corrected chi connectivity index (χ2v) is 7.71. The van der Waals surface area contributed by atoms with Crippen LogP contribution in [0.1, 0.15) is 37.9 Å². The predicted molar refractivity (Wildman–Crippen MR) is 113 cm³/mol. The molecular weight excluding hydrogens is 384 g/mol. The van der Waals surface area contributed by atoms with Crippen molar-refractivity contribution in [2.45, 2.75) is 32.6 Å². The first-order valence-electron chi connectivity index (χ1n) is 10.4. The summed E-state index contributed by atoms with van der Waals surface area (Å²) < 4.78 is 5.21. The van der Waals surface area contributed by atoms with Crippen LogP contribution >= 0.6 is 0 Å². The van der Waals surface area contributed by atoms with Gasteiger partial charge in [0.2, 0.25) is 11.8 Å². The predicted octanol–water partition coefficient (Wildman–Crippen LogP) is 2.09. The third-order valence-corrected chi connectivity index (χ3v) is 4.93. The number of nitrogens with one attached hydrogen (secondary N) is 2. The molecule has 1 aliphatic rings. The van der Waals surface area contributed by atoms with Gasteiger partial charge in [-0.15, -0.1) is 0 Å². The number of amides is 3. The third kappa shape index (κ3) is 6.55. The number of nitrogens with zero attached hydrogens (tertiary/aromatic N) is 4. The summed E-state index contributed by atoms with van der Waals surface area (Å²) in [4.78, 5) is 32.7. The van der Waals surface area contributed by atoms with Crippen LogP contribution in [0.25, 0.3) is 0 Å². The average molecular weight is 415 g/mol. The Hall–Kier alpha value is -2.94. The molecule has 0 aliphatic carbocycles. The highest BCUT2D eigenvalue weighted by Crippen LogP contribution is 2.10. The fourth-order valence-corrected chi connectivity index (χ4v) is 3.19. The average Bonchev–Trinajstić information content (AvgIpc) is 3.21. The van der Waals surface area contributed by atoms with Gasteiger partial charge < -0.3 is 20.1 Å². The number of hydrogen-bond donors (Lipinski definition) is 2. The van der Waals surface area contributed by atoms with E-state index in [1.807, 2.05) is 44.2 Å². The number of carbonyl (C=O) groups is 2. The Balaban J connectivity index is 1.30. The topological polar surface area (TPSA) is 104 Å². The largest absolute Gasteiger partial charge is 0.339 e. The van der Waals surface area contributed by atoms with Crippen molar-refractivity contribution in [3.63, 3.8) is 0 Å². The molecule has 0 bridgehead atoms. The number of rotatable bonds is 8. The highest BCUT2D eigenvalue weighted by molar-refractivity contribution is 5.92. The van der Waals surface area contributed by atoms with E-state index >= 15 is 0 Å². The van der Waals surface area contributed by atoms with Crippen LogP contribution in [-0.2, 0) is 11.2 Å². The fraction of sp³-hybridized carbons (Fsp3) is 0.524. The first kappa shape index (κ1) is 21.8. The Kier molecular flexibility index (Phi) is 7.78. The van der Waals surface area contributed by atoms with Crippen LogP contribution in [0, 0.1) is 0 Å². The van der Waals surface area contributed by atoms with Crippen molar-refractivity contribution in [2.24, 2.45) is 0 Å². The van der Waals surface area contributed by atoms with Gasteiger partial charge in [0.1, 0.15) is 0 Å². The van der Waals surface area contributed by atoms with Crippen molar-refractivity contribution < 1.29 is 14.1 Å². The summed E-state index contributed by atoms with van der Waals surface area (Å²) >= 11 is 0. The maximum atomic E-state index is 12.3. The van der Waals surface area contributed by atoms with Gasteiger partial charge in [0.15, 0.2) is 5.82 Å². The molecule has 1 saturated heterocycles. The van der Waals surface area contributed by atoms with Crippen LogP contribution in [-0.4, -0.2) is 71.1 Å². The molecule has 9 nitrogen and oxygen atoms in total. The number of urea groups is 1. The maximum Gasteiger partial charge on any atom is 0.317 e. The van der Waals surface area contributed by atoms with E-state index in [-0.39, 0.29) is 17.9 Å². The van der Waals surface area contributed by atoms with Crippen LogP contribution in [0.15, 0.2) is 34.9 Å². The molecule has 3 rings (SSSR count). The number of aromatic nitrogens is 2. The van der Waals surface area contributed by atoms with E-state index in [1.165, 1.54) is 0 Å². The molecule has 0 saturated carbocycles. The van der Waals surface area contributed by atoms with E-state index < -0.39 is 0 Å². The number of aryl methyl sites for hydroxylation is 1. The van der Waals surface area contributed by atoms with E-state index in [9.17, 15) is 9.59 Å². The summed E-state index contributed by atoms with van der Waals surface area (Å²) in [6.45, 7) is 7.47.